The van der Waals surface area contributed by atoms with E-state index in [0.717, 1.165) is 22.5 Å². The second-order valence-corrected chi connectivity index (χ2v) is 6.25. The molecule has 0 aliphatic carbocycles. The highest BCUT2D eigenvalue weighted by atomic mass is 35.5. The molecule has 6 heteroatoms. The number of halogens is 3. The van der Waals surface area contributed by atoms with Crippen LogP contribution in [0.2, 0.25) is 10.0 Å². The Hall–Kier alpha value is -1.81. The first kappa shape index (κ1) is 16.1. The molecule has 0 bridgehead atoms. The van der Waals surface area contributed by atoms with Gasteiger partial charge in [-0.15, -0.1) is 0 Å². The lowest BCUT2D eigenvalue weighted by molar-refractivity contribution is 0.107. The highest BCUT2D eigenvalue weighted by Crippen LogP contribution is 2.28. The van der Waals surface area contributed by atoms with E-state index < -0.39 is 5.24 Å². The zero-order chi connectivity index (χ0) is 16.6. The van der Waals surface area contributed by atoms with Crippen molar-refractivity contribution in [2.45, 2.75) is 6.92 Å². The molecule has 0 fully saturated rings. The van der Waals surface area contributed by atoms with Crippen molar-refractivity contribution in [2.75, 3.05) is 0 Å². The lowest BCUT2D eigenvalue weighted by Gasteiger charge is -2.11. The number of carbonyl (C=O) groups is 1. The second-order valence-electron chi connectivity index (χ2n) is 5.04. The molecule has 0 atom stereocenters. The molecular weight excluding hydrogens is 355 g/mol. The summed E-state index contributed by atoms with van der Waals surface area (Å²) in [4.78, 5) is 11.5. The number of rotatable bonds is 3. The van der Waals surface area contributed by atoms with Gasteiger partial charge in [0.1, 0.15) is 5.69 Å². The zero-order valence-electron chi connectivity index (χ0n) is 12.1. The van der Waals surface area contributed by atoms with Crippen LogP contribution in [-0.4, -0.2) is 15.0 Å². The molecule has 0 aliphatic heterocycles. The Morgan fingerprint density at radius 3 is 2.26 bits per heavy atom. The monoisotopic (exact) mass is 364 g/mol. The maximum atomic E-state index is 11.5. The van der Waals surface area contributed by atoms with E-state index in [1.54, 1.807) is 28.9 Å². The van der Waals surface area contributed by atoms with Crippen molar-refractivity contribution < 1.29 is 4.79 Å². The maximum Gasteiger partial charge on any atom is 0.272 e. The Balaban J connectivity index is 2.22. The highest BCUT2D eigenvalue weighted by Gasteiger charge is 2.16. The van der Waals surface area contributed by atoms with E-state index in [4.69, 9.17) is 34.8 Å². The summed E-state index contributed by atoms with van der Waals surface area (Å²) >= 11 is 17.6. The highest BCUT2D eigenvalue weighted by molar-refractivity contribution is 6.67. The number of aromatic nitrogens is 2. The van der Waals surface area contributed by atoms with Crippen LogP contribution in [0.1, 0.15) is 16.1 Å². The third kappa shape index (κ3) is 3.27. The summed E-state index contributed by atoms with van der Waals surface area (Å²) in [5.74, 6) is 0. The van der Waals surface area contributed by atoms with Gasteiger partial charge in [-0.25, -0.2) is 4.68 Å². The molecular formula is C17H11Cl3N2O. The predicted octanol–water partition coefficient (Wildman–Crippen LogP) is 5.53. The van der Waals surface area contributed by atoms with Crippen molar-refractivity contribution in [3.8, 4) is 16.9 Å². The van der Waals surface area contributed by atoms with E-state index in [0.29, 0.717) is 10.0 Å². The first-order valence-electron chi connectivity index (χ1n) is 6.78. The third-order valence-corrected chi connectivity index (χ3v) is 4.12. The van der Waals surface area contributed by atoms with Crippen LogP contribution in [0.3, 0.4) is 0 Å². The van der Waals surface area contributed by atoms with Gasteiger partial charge in [0.15, 0.2) is 0 Å². The molecule has 0 unspecified atom stereocenters. The molecule has 0 amide bonds. The molecule has 1 aromatic heterocycles. The van der Waals surface area contributed by atoms with E-state index in [9.17, 15) is 4.79 Å². The zero-order valence-corrected chi connectivity index (χ0v) is 14.3. The van der Waals surface area contributed by atoms with E-state index in [-0.39, 0.29) is 5.69 Å². The number of nitrogens with zero attached hydrogens (tertiary/aromatic N) is 2. The first-order valence-corrected chi connectivity index (χ1v) is 7.91. The van der Waals surface area contributed by atoms with E-state index in [1.807, 2.05) is 31.2 Å². The van der Waals surface area contributed by atoms with Crippen LogP contribution in [0.25, 0.3) is 16.9 Å². The molecule has 3 nitrogen and oxygen atoms in total. The summed E-state index contributed by atoms with van der Waals surface area (Å²) in [5, 5.41) is 5.00. The Labute approximate surface area is 148 Å². The molecule has 3 rings (SSSR count). The van der Waals surface area contributed by atoms with Gasteiger partial charge in [-0.1, -0.05) is 35.3 Å². The maximum absolute atomic E-state index is 11.5. The van der Waals surface area contributed by atoms with Crippen LogP contribution in [0.15, 0.2) is 48.5 Å². The molecule has 0 saturated heterocycles. The summed E-state index contributed by atoms with van der Waals surface area (Å²) < 4.78 is 1.69. The average molecular weight is 366 g/mol. The number of benzene rings is 2. The van der Waals surface area contributed by atoms with Gasteiger partial charge in [0.2, 0.25) is 0 Å². The quantitative estimate of drug-likeness (QED) is 0.572. The largest absolute Gasteiger partial charge is 0.274 e. The molecule has 116 valence electrons. The van der Waals surface area contributed by atoms with Crippen molar-refractivity contribution in [1.82, 2.24) is 9.78 Å². The predicted molar refractivity (Wildman–Crippen MR) is 93.9 cm³/mol. The van der Waals surface area contributed by atoms with Gasteiger partial charge >= 0.3 is 0 Å². The number of aryl methyl sites for hydroxylation is 1. The van der Waals surface area contributed by atoms with Gasteiger partial charge in [0, 0.05) is 15.6 Å². The van der Waals surface area contributed by atoms with E-state index >= 15 is 0 Å². The molecule has 0 saturated carbocycles. The Kier molecular flexibility index (Phi) is 4.44. The summed E-state index contributed by atoms with van der Waals surface area (Å²) in [6.45, 7) is 1.93. The molecule has 1 heterocycles. The van der Waals surface area contributed by atoms with Crippen LogP contribution >= 0.6 is 34.8 Å². The Bertz CT molecular complexity index is 885. The SMILES string of the molecule is Cc1cc(Cl)ccc1-n1nc(C(=O)Cl)cc1-c1ccc(Cl)cc1. The Morgan fingerprint density at radius 2 is 1.65 bits per heavy atom. The van der Waals surface area contributed by atoms with Crippen molar-refractivity contribution in [1.29, 1.82) is 0 Å². The van der Waals surface area contributed by atoms with Crippen LogP contribution in [-0.2, 0) is 0 Å². The molecule has 23 heavy (non-hydrogen) atoms. The van der Waals surface area contributed by atoms with Gasteiger partial charge in [-0.2, -0.15) is 5.10 Å². The summed E-state index contributed by atoms with van der Waals surface area (Å²) in [6, 6.07) is 14.4. The minimum Gasteiger partial charge on any atom is -0.274 e. The summed E-state index contributed by atoms with van der Waals surface area (Å²) in [6.07, 6.45) is 0. The van der Waals surface area contributed by atoms with Crippen molar-refractivity contribution in [3.05, 3.63) is 69.8 Å². The average Bonchev–Trinajstić information content (AvgIpc) is 2.93. The lowest BCUT2D eigenvalue weighted by Crippen LogP contribution is -2.02. The number of hydrogen-bond donors (Lipinski definition) is 0. The van der Waals surface area contributed by atoms with Gasteiger partial charge in [-0.05, 0) is 60.5 Å². The van der Waals surface area contributed by atoms with Gasteiger partial charge < -0.3 is 0 Å². The van der Waals surface area contributed by atoms with Crippen molar-refractivity contribution in [2.24, 2.45) is 0 Å². The Morgan fingerprint density at radius 1 is 1.00 bits per heavy atom. The van der Waals surface area contributed by atoms with E-state index in [1.165, 1.54) is 0 Å². The van der Waals surface area contributed by atoms with Gasteiger partial charge in [0.25, 0.3) is 5.24 Å². The minimum atomic E-state index is -0.606. The van der Waals surface area contributed by atoms with Crippen molar-refractivity contribution >= 4 is 40.0 Å². The van der Waals surface area contributed by atoms with Crippen LogP contribution in [0.4, 0.5) is 0 Å². The molecule has 3 aromatic rings. The molecule has 0 spiro atoms. The standard InChI is InChI=1S/C17H11Cl3N2O/c1-10-8-13(19)6-7-15(10)22-16(9-14(21-22)17(20)23)11-2-4-12(18)5-3-11/h2-9H,1H3. The lowest BCUT2D eigenvalue weighted by atomic mass is 10.1. The fraction of sp³-hybridized carbons (Fsp3) is 0.0588. The number of carbonyl (C=O) groups excluding carboxylic acids is 1. The normalized spacial score (nSPS) is 10.8. The smallest absolute Gasteiger partial charge is 0.272 e. The minimum absolute atomic E-state index is 0.186. The van der Waals surface area contributed by atoms with Crippen LogP contribution in [0, 0.1) is 6.92 Å². The third-order valence-electron chi connectivity index (χ3n) is 3.44. The fourth-order valence-electron chi connectivity index (χ4n) is 2.34. The van der Waals surface area contributed by atoms with Crippen molar-refractivity contribution in [3.63, 3.8) is 0 Å². The van der Waals surface area contributed by atoms with Crippen LogP contribution in [0.5, 0.6) is 0 Å². The van der Waals surface area contributed by atoms with Crippen LogP contribution < -0.4 is 0 Å². The first-order chi connectivity index (χ1) is 11.0. The summed E-state index contributed by atoms with van der Waals surface area (Å²) in [5.41, 5.74) is 3.57. The number of hydrogen-bond acceptors (Lipinski definition) is 2. The summed E-state index contributed by atoms with van der Waals surface area (Å²) in [7, 11) is 0. The molecule has 0 radical (unpaired) electrons. The molecule has 0 N–H and O–H groups in total. The topological polar surface area (TPSA) is 34.9 Å². The molecule has 0 aliphatic rings. The van der Waals surface area contributed by atoms with Gasteiger partial charge in [-0.3, -0.25) is 4.79 Å². The second kappa shape index (κ2) is 6.36. The fourth-order valence-corrected chi connectivity index (χ4v) is 2.79. The van der Waals surface area contributed by atoms with E-state index in [2.05, 4.69) is 5.10 Å². The molecule has 2 aromatic carbocycles. The van der Waals surface area contributed by atoms with Gasteiger partial charge in [0.05, 0.1) is 11.4 Å².